The Hall–Kier alpha value is -3.88. The van der Waals surface area contributed by atoms with E-state index in [0.717, 1.165) is 35.5 Å². The normalized spacial score (nSPS) is 19.6. The number of hydrogen-bond acceptors (Lipinski definition) is 6. The van der Waals surface area contributed by atoms with Crippen LogP contribution < -0.4 is 14.8 Å². The van der Waals surface area contributed by atoms with Gasteiger partial charge in [0.25, 0.3) is 0 Å². The zero-order chi connectivity index (χ0) is 29.6. The molecule has 42 heavy (non-hydrogen) atoms. The van der Waals surface area contributed by atoms with Gasteiger partial charge in [0.2, 0.25) is 11.8 Å². The molecule has 2 N–H and O–H groups in total. The summed E-state index contributed by atoms with van der Waals surface area (Å²) in [6.45, 7) is 5.67. The van der Waals surface area contributed by atoms with Gasteiger partial charge in [-0.1, -0.05) is 37.3 Å². The second-order valence-electron chi connectivity index (χ2n) is 11.7. The number of carbonyl (C=O) groups is 2. The molecule has 1 aliphatic carbocycles. The van der Waals surface area contributed by atoms with E-state index in [4.69, 9.17) is 9.47 Å². The Balaban J connectivity index is 1.30. The predicted octanol–water partition coefficient (Wildman–Crippen LogP) is 5.11. The van der Waals surface area contributed by atoms with E-state index in [0.29, 0.717) is 31.1 Å². The molecule has 3 aromatic rings. The van der Waals surface area contributed by atoms with Crippen LogP contribution in [0.2, 0.25) is 0 Å². The number of fused-ring (bicyclic) bond motifs is 1. The summed E-state index contributed by atoms with van der Waals surface area (Å²) in [6, 6.07) is 23.1. The van der Waals surface area contributed by atoms with Crippen molar-refractivity contribution in [1.29, 1.82) is 0 Å². The van der Waals surface area contributed by atoms with Crippen molar-refractivity contribution in [3.05, 3.63) is 83.9 Å². The van der Waals surface area contributed by atoms with E-state index in [9.17, 15) is 14.7 Å². The number of anilines is 1. The molecular formula is C34H41N3O5. The minimum atomic E-state index is -0.311. The molecular weight excluding hydrogens is 530 g/mol. The first-order chi connectivity index (χ1) is 20.3. The summed E-state index contributed by atoms with van der Waals surface area (Å²) in [5, 5.41) is 12.9. The maximum atomic E-state index is 13.4. The predicted molar refractivity (Wildman–Crippen MR) is 163 cm³/mol. The molecule has 0 radical (unpaired) electrons. The van der Waals surface area contributed by atoms with Crippen molar-refractivity contribution < 1.29 is 24.2 Å². The monoisotopic (exact) mass is 571 g/mol. The molecule has 0 unspecified atom stereocenters. The number of carbonyl (C=O) groups excluding carboxylic acids is 2. The second-order valence-corrected chi connectivity index (χ2v) is 11.7. The number of ether oxygens (including phenoxy) is 2. The average Bonchev–Trinajstić information content (AvgIpc) is 3.83. The number of aliphatic hydroxyl groups is 1. The highest BCUT2D eigenvalue weighted by Gasteiger charge is 2.32. The first-order valence-corrected chi connectivity index (χ1v) is 14.8. The summed E-state index contributed by atoms with van der Waals surface area (Å²) < 4.78 is 12.6. The third-order valence-corrected chi connectivity index (χ3v) is 7.98. The molecule has 5 rings (SSSR count). The van der Waals surface area contributed by atoms with Gasteiger partial charge in [0.15, 0.2) is 0 Å². The molecule has 1 heterocycles. The molecule has 0 saturated heterocycles. The molecule has 1 fully saturated rings. The van der Waals surface area contributed by atoms with Crippen LogP contribution in [0.3, 0.4) is 0 Å². The Morgan fingerprint density at radius 1 is 1.10 bits per heavy atom. The Labute approximate surface area is 248 Å². The molecule has 1 aliphatic heterocycles. The van der Waals surface area contributed by atoms with Crippen molar-refractivity contribution >= 4 is 17.5 Å². The number of likely N-dealkylation sites (N-methyl/N-ethyl adjacent to an activating group) is 1. The van der Waals surface area contributed by atoms with Gasteiger partial charge in [-0.15, -0.1) is 0 Å². The Kier molecular flexibility index (Phi) is 9.45. The summed E-state index contributed by atoms with van der Waals surface area (Å²) in [4.78, 5) is 29.8. The quantitative estimate of drug-likeness (QED) is 0.352. The SMILES string of the molecule is C[C@@H]1CN([C@@H](C)CO)C(=O)Cc2cc(NC(=O)C3CC3)ccc2O[C@H]1CN(C)Cc1ccc(Oc2ccccc2)cc1. The van der Waals surface area contributed by atoms with Crippen molar-refractivity contribution in [1.82, 2.24) is 9.80 Å². The van der Waals surface area contributed by atoms with Crippen molar-refractivity contribution in [2.45, 2.75) is 51.8 Å². The summed E-state index contributed by atoms with van der Waals surface area (Å²) in [5.74, 6) is 2.29. The van der Waals surface area contributed by atoms with Crippen molar-refractivity contribution in [2.75, 3.05) is 32.1 Å². The molecule has 0 aromatic heterocycles. The number of para-hydroxylation sites is 1. The van der Waals surface area contributed by atoms with Crippen molar-refractivity contribution in [3.8, 4) is 17.2 Å². The van der Waals surface area contributed by atoms with E-state index in [1.807, 2.05) is 67.6 Å². The number of rotatable bonds is 10. The molecule has 0 spiro atoms. The zero-order valence-electron chi connectivity index (χ0n) is 24.7. The maximum Gasteiger partial charge on any atom is 0.227 e. The fourth-order valence-corrected chi connectivity index (χ4v) is 5.29. The van der Waals surface area contributed by atoms with E-state index in [1.54, 1.807) is 4.90 Å². The fourth-order valence-electron chi connectivity index (χ4n) is 5.29. The van der Waals surface area contributed by atoms with Crippen molar-refractivity contribution in [2.24, 2.45) is 11.8 Å². The Morgan fingerprint density at radius 3 is 2.50 bits per heavy atom. The minimum absolute atomic E-state index is 0.00671. The van der Waals surface area contributed by atoms with Crippen LogP contribution in [0.25, 0.3) is 0 Å². The van der Waals surface area contributed by atoms with Crippen LogP contribution in [-0.4, -0.2) is 65.6 Å². The standard InChI is InChI=1S/C34H41N3O5/c1-23-19-37(24(2)22-38)33(39)18-27-17-28(35-34(40)26-11-12-26)13-16-31(27)42-32(23)21-36(3)20-25-9-14-30(15-10-25)41-29-7-5-4-6-8-29/h4-10,13-17,23-24,26,32,38H,11-12,18-22H2,1-3H3,(H,35,40)/t23-,24+,32+/m1/s1. The van der Waals surface area contributed by atoms with E-state index in [2.05, 4.69) is 36.3 Å². The maximum absolute atomic E-state index is 13.4. The second kappa shape index (κ2) is 13.4. The summed E-state index contributed by atoms with van der Waals surface area (Å²) in [6.07, 6.45) is 1.77. The lowest BCUT2D eigenvalue weighted by molar-refractivity contribution is -0.134. The highest BCUT2D eigenvalue weighted by molar-refractivity contribution is 5.94. The minimum Gasteiger partial charge on any atom is -0.488 e. The van der Waals surface area contributed by atoms with Crippen LogP contribution in [0, 0.1) is 11.8 Å². The van der Waals surface area contributed by atoms with Gasteiger partial charge in [0.05, 0.1) is 19.1 Å². The smallest absolute Gasteiger partial charge is 0.227 e. The largest absolute Gasteiger partial charge is 0.488 e. The molecule has 3 aromatic carbocycles. The van der Waals surface area contributed by atoms with E-state index in [-0.39, 0.29) is 48.8 Å². The van der Waals surface area contributed by atoms with Gasteiger partial charge in [0, 0.05) is 42.7 Å². The van der Waals surface area contributed by atoms with Gasteiger partial charge >= 0.3 is 0 Å². The van der Waals surface area contributed by atoms with Gasteiger partial charge in [0.1, 0.15) is 23.4 Å². The number of hydrogen-bond donors (Lipinski definition) is 2. The van der Waals surface area contributed by atoms with Gasteiger partial charge in [-0.25, -0.2) is 0 Å². The highest BCUT2D eigenvalue weighted by Crippen LogP contribution is 2.33. The van der Waals surface area contributed by atoms with Crippen LogP contribution in [0.4, 0.5) is 5.69 Å². The number of amides is 2. The Morgan fingerprint density at radius 2 is 1.81 bits per heavy atom. The Bertz CT molecular complexity index is 1360. The lowest BCUT2D eigenvalue weighted by Crippen LogP contribution is -2.47. The third-order valence-electron chi connectivity index (χ3n) is 7.98. The molecule has 2 aliphatic rings. The first-order valence-electron chi connectivity index (χ1n) is 14.8. The molecule has 222 valence electrons. The lowest BCUT2D eigenvalue weighted by atomic mass is 10.0. The first kappa shape index (κ1) is 29.6. The summed E-state index contributed by atoms with van der Waals surface area (Å²) in [5.41, 5.74) is 2.56. The van der Waals surface area contributed by atoms with Crippen LogP contribution >= 0.6 is 0 Å². The van der Waals surface area contributed by atoms with Gasteiger partial charge in [-0.05, 0) is 74.8 Å². The van der Waals surface area contributed by atoms with Gasteiger partial charge in [-0.3, -0.25) is 14.5 Å². The van der Waals surface area contributed by atoms with Gasteiger partial charge in [-0.2, -0.15) is 0 Å². The molecule has 8 heteroatoms. The number of nitrogens with one attached hydrogen (secondary N) is 1. The van der Waals surface area contributed by atoms with Gasteiger partial charge < -0.3 is 24.8 Å². The highest BCUT2D eigenvalue weighted by atomic mass is 16.5. The lowest BCUT2D eigenvalue weighted by Gasteiger charge is -2.34. The fraction of sp³-hybridized carbons (Fsp3) is 0.412. The molecule has 3 atom stereocenters. The molecule has 2 amide bonds. The topological polar surface area (TPSA) is 91.3 Å². The summed E-state index contributed by atoms with van der Waals surface area (Å²) >= 11 is 0. The number of aliphatic hydroxyl groups excluding tert-OH is 1. The third kappa shape index (κ3) is 7.69. The van der Waals surface area contributed by atoms with E-state index < -0.39 is 0 Å². The average molecular weight is 572 g/mol. The zero-order valence-corrected chi connectivity index (χ0v) is 24.7. The number of nitrogens with zero attached hydrogens (tertiary/aromatic N) is 2. The van der Waals surface area contributed by atoms with Crippen molar-refractivity contribution in [3.63, 3.8) is 0 Å². The van der Waals surface area contributed by atoms with E-state index in [1.165, 1.54) is 0 Å². The number of benzene rings is 3. The van der Waals surface area contributed by atoms with E-state index >= 15 is 0 Å². The van der Waals surface area contributed by atoms with Crippen LogP contribution in [0.5, 0.6) is 17.2 Å². The van der Waals surface area contributed by atoms with Crippen LogP contribution in [0.15, 0.2) is 72.8 Å². The van der Waals surface area contributed by atoms with Crippen LogP contribution in [0.1, 0.15) is 37.8 Å². The van der Waals surface area contributed by atoms with Crippen LogP contribution in [-0.2, 0) is 22.6 Å². The summed E-state index contributed by atoms with van der Waals surface area (Å²) in [7, 11) is 2.06. The molecule has 8 nitrogen and oxygen atoms in total. The molecule has 0 bridgehead atoms. The molecule has 1 saturated carbocycles.